The van der Waals surface area contributed by atoms with Gasteiger partial charge < -0.3 is 18.8 Å². The number of hydrogen-bond acceptors (Lipinski definition) is 6. The molecule has 0 spiro atoms. The fraction of sp³-hybridized carbons (Fsp3) is 0.207. The molecule has 0 radical (unpaired) electrons. The predicted octanol–water partition coefficient (Wildman–Crippen LogP) is 6.94. The van der Waals surface area contributed by atoms with Crippen LogP contribution in [0.3, 0.4) is 0 Å². The number of nitrogens with zero attached hydrogens (tertiary/aromatic N) is 2. The highest BCUT2D eigenvalue weighted by Gasteiger charge is 2.48. The number of rotatable bonds is 7. The maximum atomic E-state index is 15.8. The number of aliphatic imine (C=N–C) groups is 1. The van der Waals surface area contributed by atoms with Gasteiger partial charge in [0.1, 0.15) is 23.1 Å². The molecule has 1 N–H and O–H groups in total. The van der Waals surface area contributed by atoms with E-state index in [0.717, 1.165) is 29.2 Å². The molecule has 2 aliphatic heterocycles. The van der Waals surface area contributed by atoms with E-state index in [1.165, 1.54) is 12.1 Å². The number of halogens is 7. The van der Waals surface area contributed by atoms with Crippen molar-refractivity contribution < 1.29 is 45.0 Å². The third kappa shape index (κ3) is 5.52. The molecular formula is C29H18ClF6N3O5. The normalized spacial score (nSPS) is 17.0. The Morgan fingerprint density at radius 1 is 1.07 bits per heavy atom. The summed E-state index contributed by atoms with van der Waals surface area (Å²) in [5, 5.41) is -0.418. The molecule has 3 aromatic carbocycles. The molecule has 2 aliphatic rings. The molecule has 1 unspecified atom stereocenters. The zero-order valence-electron chi connectivity index (χ0n) is 22.3. The summed E-state index contributed by atoms with van der Waals surface area (Å²) >= 11 is 5.86. The molecule has 6 rings (SSSR count). The van der Waals surface area contributed by atoms with Gasteiger partial charge in [0.15, 0.2) is 5.58 Å². The average Bonchev–Trinajstić information content (AvgIpc) is 3.58. The predicted molar refractivity (Wildman–Crippen MR) is 145 cm³/mol. The summed E-state index contributed by atoms with van der Waals surface area (Å²) in [6, 6.07) is 10.0. The number of H-pyrrole nitrogens is 1. The summed E-state index contributed by atoms with van der Waals surface area (Å²) in [6.07, 6.45) is -4.97. The highest BCUT2D eigenvalue weighted by molar-refractivity contribution is 6.32. The van der Waals surface area contributed by atoms with Crippen LogP contribution in [0.1, 0.15) is 24.1 Å². The van der Waals surface area contributed by atoms with Gasteiger partial charge in [-0.15, -0.1) is 13.2 Å². The van der Waals surface area contributed by atoms with Crippen molar-refractivity contribution in [2.45, 2.75) is 25.3 Å². The first-order chi connectivity index (χ1) is 20.7. The summed E-state index contributed by atoms with van der Waals surface area (Å²) in [4.78, 5) is 33.1. The number of benzene rings is 3. The number of aromatic nitrogens is 1. The third-order valence-electron chi connectivity index (χ3n) is 6.86. The van der Waals surface area contributed by atoms with E-state index in [0.29, 0.717) is 18.0 Å². The minimum absolute atomic E-state index is 0.0451. The number of oxazole rings is 1. The maximum Gasteiger partial charge on any atom is 0.573 e. The maximum absolute atomic E-state index is 15.8. The molecule has 4 aromatic rings. The molecule has 1 aromatic heterocycles. The second-order valence-corrected chi connectivity index (χ2v) is 10.5. The van der Waals surface area contributed by atoms with Crippen LogP contribution < -0.4 is 15.2 Å². The topological polar surface area (TPSA) is 97.1 Å². The summed E-state index contributed by atoms with van der Waals surface area (Å²) in [6.45, 7) is -0.550. The van der Waals surface area contributed by atoms with Gasteiger partial charge in [-0.05, 0) is 36.4 Å². The molecular weight excluding hydrogens is 620 g/mol. The molecule has 0 saturated carbocycles. The average molecular weight is 638 g/mol. The van der Waals surface area contributed by atoms with E-state index in [1.54, 1.807) is 18.2 Å². The van der Waals surface area contributed by atoms with E-state index in [-0.39, 0.29) is 46.0 Å². The van der Waals surface area contributed by atoms with Gasteiger partial charge in [0, 0.05) is 41.3 Å². The zero-order valence-corrected chi connectivity index (χ0v) is 23.0. The molecule has 0 fully saturated rings. The van der Waals surface area contributed by atoms with Crippen molar-refractivity contribution in [1.29, 1.82) is 0 Å². The third-order valence-corrected chi connectivity index (χ3v) is 7.16. The number of carbonyl (C=O) groups excluding carboxylic acids is 1. The fourth-order valence-electron chi connectivity index (χ4n) is 5.25. The minimum atomic E-state index is -4.97. The summed E-state index contributed by atoms with van der Waals surface area (Å²) in [5.74, 6) is -6.56. The molecule has 1 amide bonds. The van der Waals surface area contributed by atoms with Crippen molar-refractivity contribution in [3.8, 4) is 17.2 Å². The Balaban J connectivity index is 1.37. The molecule has 15 heteroatoms. The highest BCUT2D eigenvalue weighted by atomic mass is 35.5. The van der Waals surface area contributed by atoms with Crippen LogP contribution >= 0.6 is 11.6 Å². The van der Waals surface area contributed by atoms with Crippen LogP contribution in [0.5, 0.6) is 17.2 Å². The van der Waals surface area contributed by atoms with Crippen LogP contribution in [0.2, 0.25) is 5.02 Å². The van der Waals surface area contributed by atoms with Crippen LogP contribution in [0.15, 0.2) is 79.9 Å². The Morgan fingerprint density at radius 3 is 2.48 bits per heavy atom. The molecule has 44 heavy (non-hydrogen) atoms. The van der Waals surface area contributed by atoms with Gasteiger partial charge in [-0.3, -0.25) is 14.8 Å². The number of para-hydroxylation sites is 1. The summed E-state index contributed by atoms with van der Waals surface area (Å²) < 4.78 is 96.7. The zero-order chi connectivity index (χ0) is 31.6. The second-order valence-electron chi connectivity index (χ2n) is 10.1. The molecule has 0 saturated heterocycles. The SMILES string of the molecule is CC(F)(F)CN1C(=O)C2=C(C(c3cccc4[nH]c(=O)oc34)=NC2)C1c1ccc(Oc2ccc(OC(F)(F)F)c(Cl)c2)cc1F. The van der Waals surface area contributed by atoms with Crippen LogP contribution in [0, 0.1) is 5.82 Å². The van der Waals surface area contributed by atoms with E-state index in [4.69, 9.17) is 20.8 Å². The Morgan fingerprint density at radius 2 is 1.80 bits per heavy atom. The Bertz CT molecular complexity index is 1940. The summed E-state index contributed by atoms with van der Waals surface area (Å²) in [5.41, 5.74) is 1.10. The van der Waals surface area contributed by atoms with Gasteiger partial charge >= 0.3 is 12.1 Å². The number of nitrogens with one attached hydrogen (secondary N) is 1. The molecule has 0 bridgehead atoms. The van der Waals surface area contributed by atoms with E-state index in [2.05, 4.69) is 14.7 Å². The largest absolute Gasteiger partial charge is 0.573 e. The number of fused-ring (bicyclic) bond motifs is 1. The van der Waals surface area contributed by atoms with E-state index in [9.17, 15) is 31.5 Å². The Labute approximate surface area is 248 Å². The molecule has 1 atom stereocenters. The number of alkyl halides is 5. The van der Waals surface area contributed by atoms with Gasteiger partial charge in [-0.25, -0.2) is 18.0 Å². The van der Waals surface area contributed by atoms with Gasteiger partial charge in [-0.2, -0.15) is 0 Å². The summed E-state index contributed by atoms with van der Waals surface area (Å²) in [7, 11) is 0. The minimum Gasteiger partial charge on any atom is -0.457 e. The lowest BCUT2D eigenvalue weighted by Crippen LogP contribution is -2.40. The molecule has 228 valence electrons. The van der Waals surface area contributed by atoms with Crippen LogP contribution in [0.4, 0.5) is 26.3 Å². The standard InChI is InChI=1S/C29H18ClF6N3O5/c1-28(32,33)12-39-24(22-17(26(39)40)11-37-23(22)16-3-2-4-20-25(16)43-27(41)38-20)15-7-5-14(10-19(15)31)42-13-6-8-21(18(30)9-13)44-29(34,35)36/h2-10,24H,11-12H2,1H3,(H,38,41). The number of amides is 1. The fourth-order valence-corrected chi connectivity index (χ4v) is 5.46. The Hall–Kier alpha value is -4.72. The van der Waals surface area contributed by atoms with Crippen molar-refractivity contribution in [2.24, 2.45) is 4.99 Å². The number of aromatic amines is 1. The van der Waals surface area contributed by atoms with Crippen molar-refractivity contribution in [3.63, 3.8) is 0 Å². The first-order valence-corrected chi connectivity index (χ1v) is 13.2. The van der Waals surface area contributed by atoms with Crippen molar-refractivity contribution >= 4 is 34.3 Å². The Kier molecular flexibility index (Phi) is 6.99. The van der Waals surface area contributed by atoms with Crippen LogP contribution in [-0.4, -0.2) is 46.9 Å². The van der Waals surface area contributed by atoms with Crippen LogP contribution in [0.25, 0.3) is 11.1 Å². The van der Waals surface area contributed by atoms with E-state index >= 15 is 4.39 Å². The van der Waals surface area contributed by atoms with Crippen molar-refractivity contribution in [2.75, 3.05) is 13.1 Å². The highest BCUT2D eigenvalue weighted by Crippen LogP contribution is 2.46. The molecule has 3 heterocycles. The number of ether oxygens (including phenoxy) is 2. The lowest BCUT2D eigenvalue weighted by Gasteiger charge is -2.30. The quantitative estimate of drug-likeness (QED) is 0.222. The van der Waals surface area contributed by atoms with Gasteiger partial charge in [0.25, 0.3) is 11.8 Å². The van der Waals surface area contributed by atoms with Gasteiger partial charge in [0.05, 0.1) is 35.4 Å². The van der Waals surface area contributed by atoms with Crippen molar-refractivity contribution in [3.05, 3.63) is 98.3 Å². The van der Waals surface area contributed by atoms with E-state index < -0.39 is 53.1 Å². The van der Waals surface area contributed by atoms with Crippen molar-refractivity contribution in [1.82, 2.24) is 9.88 Å². The van der Waals surface area contributed by atoms with E-state index in [1.807, 2.05) is 0 Å². The van der Waals surface area contributed by atoms with Gasteiger partial charge in [0.2, 0.25) is 0 Å². The lowest BCUT2D eigenvalue weighted by molar-refractivity contribution is -0.274. The second kappa shape index (κ2) is 10.5. The first-order valence-electron chi connectivity index (χ1n) is 12.8. The lowest BCUT2D eigenvalue weighted by atomic mass is 9.91. The number of hydrogen-bond donors (Lipinski definition) is 1. The first kappa shape index (κ1) is 29.4. The van der Waals surface area contributed by atoms with Crippen LogP contribution in [-0.2, 0) is 4.79 Å². The molecule has 0 aliphatic carbocycles. The molecule has 8 nitrogen and oxygen atoms in total. The number of carbonyl (C=O) groups is 1. The smallest absolute Gasteiger partial charge is 0.457 e. The monoisotopic (exact) mass is 637 g/mol. The van der Waals surface area contributed by atoms with Gasteiger partial charge in [-0.1, -0.05) is 17.7 Å².